The molecule has 0 saturated carbocycles. The number of benzene rings is 2. The van der Waals surface area contributed by atoms with E-state index < -0.39 is 43.1 Å². The molecule has 3 aliphatic heterocycles. The summed E-state index contributed by atoms with van der Waals surface area (Å²) in [6, 6.07) is 11.5. The molecule has 0 radical (unpaired) electrons. The summed E-state index contributed by atoms with van der Waals surface area (Å²) in [5.41, 5.74) is 2.80. The standard InChI is InChI=1S/C25H25F4N3O4/c26-24(27)13-31(14-25(24,28)29)10-15-4-6-16(7-5-15)12-36-20-3-1-2-17-18(20)11-32(23(17)35)19-8-9-21(33)30-22(19)34/h1-7,19,23,35H,8-14H2,(H,30,33,34). The van der Waals surface area contributed by atoms with Crippen LogP contribution in [-0.2, 0) is 29.3 Å². The highest BCUT2D eigenvalue weighted by Crippen LogP contribution is 2.42. The van der Waals surface area contributed by atoms with E-state index in [0.717, 1.165) is 16.0 Å². The highest BCUT2D eigenvalue weighted by Gasteiger charge is 2.62. The lowest BCUT2D eigenvalue weighted by Crippen LogP contribution is -2.51. The third-order valence-corrected chi connectivity index (χ3v) is 6.92. The molecule has 3 aliphatic rings. The maximum atomic E-state index is 13.4. The maximum Gasteiger partial charge on any atom is 0.323 e. The van der Waals surface area contributed by atoms with Gasteiger partial charge in [-0.05, 0) is 23.6 Å². The van der Waals surface area contributed by atoms with Crippen LogP contribution >= 0.6 is 0 Å². The number of carbonyl (C=O) groups excluding carboxylic acids is 2. The van der Waals surface area contributed by atoms with Gasteiger partial charge in [0.25, 0.3) is 0 Å². The molecular weight excluding hydrogens is 482 g/mol. The Balaban J connectivity index is 1.21. The first kappa shape index (κ1) is 24.7. The van der Waals surface area contributed by atoms with Crippen LogP contribution in [0.5, 0.6) is 5.75 Å². The molecule has 2 unspecified atom stereocenters. The van der Waals surface area contributed by atoms with Gasteiger partial charge in [0.2, 0.25) is 11.8 Å². The zero-order chi connectivity index (χ0) is 25.7. The number of ether oxygens (including phenoxy) is 1. The van der Waals surface area contributed by atoms with E-state index in [1.54, 1.807) is 47.4 Å². The fourth-order valence-electron chi connectivity index (χ4n) is 4.98. The van der Waals surface area contributed by atoms with Crippen LogP contribution in [-0.4, -0.2) is 57.7 Å². The summed E-state index contributed by atoms with van der Waals surface area (Å²) in [7, 11) is 0. The molecule has 0 spiro atoms. The van der Waals surface area contributed by atoms with Crippen LogP contribution in [0.15, 0.2) is 42.5 Å². The van der Waals surface area contributed by atoms with Crippen LogP contribution < -0.4 is 10.1 Å². The molecule has 0 aliphatic carbocycles. The van der Waals surface area contributed by atoms with Gasteiger partial charge in [-0.2, -0.15) is 17.6 Å². The average Bonchev–Trinajstić information content (AvgIpc) is 3.25. The van der Waals surface area contributed by atoms with E-state index in [1.165, 1.54) is 0 Å². The average molecular weight is 507 g/mol. The van der Waals surface area contributed by atoms with Gasteiger partial charge < -0.3 is 9.84 Å². The summed E-state index contributed by atoms with van der Waals surface area (Å²) in [4.78, 5) is 26.4. The molecule has 2 amide bonds. The molecule has 36 heavy (non-hydrogen) atoms. The fraction of sp³-hybridized carbons (Fsp3) is 0.440. The SMILES string of the molecule is O=C1CCC(N2Cc3c(OCc4ccc(CN5CC(F)(F)C(F)(F)C5)cc4)cccc3C2O)C(=O)N1. The highest BCUT2D eigenvalue weighted by molar-refractivity contribution is 6.00. The molecule has 2 fully saturated rings. The summed E-state index contributed by atoms with van der Waals surface area (Å²) >= 11 is 0. The Morgan fingerprint density at radius 3 is 2.33 bits per heavy atom. The van der Waals surface area contributed by atoms with Crippen molar-refractivity contribution in [3.8, 4) is 5.75 Å². The first-order valence-corrected chi connectivity index (χ1v) is 11.6. The molecule has 2 saturated heterocycles. The molecule has 2 aromatic rings. The van der Waals surface area contributed by atoms with Gasteiger partial charge in [-0.15, -0.1) is 0 Å². The van der Waals surface area contributed by atoms with E-state index in [-0.39, 0.29) is 32.0 Å². The predicted octanol–water partition coefficient (Wildman–Crippen LogP) is 2.96. The Morgan fingerprint density at radius 2 is 1.67 bits per heavy atom. The van der Waals surface area contributed by atoms with Crippen LogP contribution in [0, 0.1) is 0 Å². The van der Waals surface area contributed by atoms with Crippen molar-refractivity contribution >= 4 is 11.8 Å². The number of alkyl halides is 4. The number of likely N-dealkylation sites (tertiary alicyclic amines) is 1. The number of aliphatic hydroxyl groups is 1. The minimum Gasteiger partial charge on any atom is -0.489 e. The molecule has 3 heterocycles. The molecule has 11 heteroatoms. The van der Waals surface area contributed by atoms with Crippen molar-refractivity contribution in [2.45, 2.75) is 56.7 Å². The second kappa shape index (κ2) is 9.13. The monoisotopic (exact) mass is 507 g/mol. The lowest BCUT2D eigenvalue weighted by Gasteiger charge is -2.31. The Bertz CT molecular complexity index is 1160. The number of halogens is 4. The van der Waals surface area contributed by atoms with Gasteiger partial charge in [0.15, 0.2) is 0 Å². The molecule has 2 N–H and O–H groups in total. The molecular formula is C25H25F4N3O4. The van der Waals surface area contributed by atoms with Crippen LogP contribution in [0.4, 0.5) is 17.6 Å². The van der Waals surface area contributed by atoms with Gasteiger partial charge in [-0.25, -0.2) is 0 Å². The van der Waals surface area contributed by atoms with E-state index in [1.807, 2.05) is 0 Å². The minimum atomic E-state index is -4.03. The zero-order valence-corrected chi connectivity index (χ0v) is 19.2. The summed E-state index contributed by atoms with van der Waals surface area (Å²) in [5.74, 6) is -8.27. The quantitative estimate of drug-likeness (QED) is 0.462. The van der Waals surface area contributed by atoms with Crippen molar-refractivity contribution in [3.05, 3.63) is 64.7 Å². The van der Waals surface area contributed by atoms with E-state index in [2.05, 4.69) is 5.32 Å². The van der Waals surface area contributed by atoms with Crippen molar-refractivity contribution in [3.63, 3.8) is 0 Å². The van der Waals surface area contributed by atoms with Crippen LogP contribution in [0.1, 0.15) is 41.3 Å². The smallest absolute Gasteiger partial charge is 0.323 e. The van der Waals surface area contributed by atoms with E-state index in [4.69, 9.17) is 4.74 Å². The third-order valence-electron chi connectivity index (χ3n) is 6.92. The summed E-state index contributed by atoms with van der Waals surface area (Å²) in [6.45, 7) is -1.50. The molecule has 5 rings (SSSR count). The molecule has 0 aromatic heterocycles. The molecule has 2 atom stereocenters. The second-order valence-corrected chi connectivity index (χ2v) is 9.50. The summed E-state index contributed by atoms with van der Waals surface area (Å²) in [5, 5.41) is 13.1. The van der Waals surface area contributed by atoms with Crippen molar-refractivity contribution < 1.29 is 37.0 Å². The van der Waals surface area contributed by atoms with Gasteiger partial charge in [0.05, 0.1) is 19.1 Å². The third kappa shape index (κ3) is 4.58. The number of hydrogen-bond donors (Lipinski definition) is 2. The Labute approximate surface area is 204 Å². The van der Waals surface area contributed by atoms with Crippen molar-refractivity contribution in [1.82, 2.24) is 15.1 Å². The van der Waals surface area contributed by atoms with Crippen molar-refractivity contribution in [2.24, 2.45) is 0 Å². The van der Waals surface area contributed by atoms with Gasteiger partial charge in [-0.3, -0.25) is 24.7 Å². The number of piperidine rings is 1. The maximum absolute atomic E-state index is 13.4. The number of aliphatic hydroxyl groups excluding tert-OH is 1. The number of nitrogens with zero attached hydrogens (tertiary/aromatic N) is 2. The predicted molar refractivity (Wildman–Crippen MR) is 119 cm³/mol. The van der Waals surface area contributed by atoms with Crippen LogP contribution in [0.3, 0.4) is 0 Å². The van der Waals surface area contributed by atoms with Crippen molar-refractivity contribution in [2.75, 3.05) is 13.1 Å². The largest absolute Gasteiger partial charge is 0.489 e. The normalized spacial score (nSPS) is 25.6. The first-order valence-electron chi connectivity index (χ1n) is 11.6. The molecule has 7 nitrogen and oxygen atoms in total. The van der Waals surface area contributed by atoms with Gasteiger partial charge in [0.1, 0.15) is 18.6 Å². The van der Waals surface area contributed by atoms with E-state index in [9.17, 15) is 32.3 Å². The number of imide groups is 1. The fourth-order valence-corrected chi connectivity index (χ4v) is 4.98. The number of amides is 2. The number of fused-ring (bicyclic) bond motifs is 1. The van der Waals surface area contributed by atoms with Gasteiger partial charge >= 0.3 is 11.8 Å². The zero-order valence-electron chi connectivity index (χ0n) is 19.2. The topological polar surface area (TPSA) is 82.1 Å². The van der Waals surface area contributed by atoms with E-state index >= 15 is 0 Å². The van der Waals surface area contributed by atoms with Gasteiger partial charge in [-0.1, -0.05) is 36.4 Å². The number of hydrogen-bond acceptors (Lipinski definition) is 6. The lowest BCUT2D eigenvalue weighted by molar-refractivity contribution is -0.172. The van der Waals surface area contributed by atoms with Crippen LogP contribution in [0.25, 0.3) is 0 Å². The molecule has 2 aromatic carbocycles. The Morgan fingerprint density at radius 1 is 1.00 bits per heavy atom. The summed E-state index contributed by atoms with van der Waals surface area (Å²) < 4.78 is 59.7. The summed E-state index contributed by atoms with van der Waals surface area (Å²) in [6.07, 6.45) is -0.472. The highest BCUT2D eigenvalue weighted by atomic mass is 19.3. The number of rotatable bonds is 6. The first-order chi connectivity index (χ1) is 17.0. The number of nitrogens with one attached hydrogen (secondary N) is 1. The van der Waals surface area contributed by atoms with Crippen LogP contribution in [0.2, 0.25) is 0 Å². The van der Waals surface area contributed by atoms with Gasteiger partial charge in [0, 0.05) is 30.6 Å². The minimum absolute atomic E-state index is 0.00737. The lowest BCUT2D eigenvalue weighted by atomic mass is 10.0. The Kier molecular flexibility index (Phi) is 6.26. The molecule has 192 valence electrons. The number of carbonyl (C=O) groups is 2. The Hall–Kier alpha value is -3.02. The molecule has 0 bridgehead atoms. The van der Waals surface area contributed by atoms with Crippen molar-refractivity contribution in [1.29, 1.82) is 0 Å². The van der Waals surface area contributed by atoms with E-state index in [0.29, 0.717) is 23.3 Å². The second-order valence-electron chi connectivity index (χ2n) is 9.50.